The summed E-state index contributed by atoms with van der Waals surface area (Å²) >= 11 is 0. The summed E-state index contributed by atoms with van der Waals surface area (Å²) in [4.78, 5) is 11.1. The summed E-state index contributed by atoms with van der Waals surface area (Å²) in [6.45, 7) is 1.48. The van der Waals surface area contributed by atoms with Crippen LogP contribution < -0.4 is 5.73 Å². The lowest BCUT2D eigenvalue weighted by Crippen LogP contribution is -2.07. The van der Waals surface area contributed by atoms with Crippen molar-refractivity contribution in [3.63, 3.8) is 0 Å². The Labute approximate surface area is 145 Å². The van der Waals surface area contributed by atoms with E-state index < -0.39 is 0 Å². The third-order valence-electron chi connectivity index (χ3n) is 3.53. The molecular formula is C18H17N5O2. The van der Waals surface area contributed by atoms with Crippen molar-refractivity contribution in [2.45, 2.75) is 19.9 Å². The average Bonchev–Trinajstić information content (AvgIpc) is 2.90. The van der Waals surface area contributed by atoms with Crippen molar-refractivity contribution in [2.75, 3.05) is 12.3 Å². The lowest BCUT2D eigenvalue weighted by Gasteiger charge is -2.00. The predicted molar refractivity (Wildman–Crippen MR) is 92.8 cm³/mol. The van der Waals surface area contributed by atoms with Crippen molar-refractivity contribution in [1.29, 1.82) is 10.5 Å². The third-order valence-corrected chi connectivity index (χ3v) is 3.53. The van der Waals surface area contributed by atoms with E-state index in [9.17, 15) is 15.3 Å². The molecule has 1 aromatic carbocycles. The maximum Gasteiger partial charge on any atom is 0.140 e. The van der Waals surface area contributed by atoms with Crippen molar-refractivity contribution < 1.29 is 9.90 Å². The fourth-order valence-electron chi connectivity index (χ4n) is 2.38. The zero-order chi connectivity index (χ0) is 18.4. The second kappa shape index (κ2) is 7.91. The zero-order valence-electron chi connectivity index (χ0n) is 13.7. The van der Waals surface area contributed by atoms with Gasteiger partial charge in [0.15, 0.2) is 0 Å². The molecule has 0 aliphatic rings. The fraction of sp³-hybridized carbons (Fsp3) is 0.222. The number of nitrogen functional groups attached to an aromatic ring is 1. The van der Waals surface area contributed by atoms with Gasteiger partial charge in [0.05, 0.1) is 18.7 Å². The van der Waals surface area contributed by atoms with Gasteiger partial charge in [0.2, 0.25) is 0 Å². The Kier molecular flexibility index (Phi) is 5.67. The lowest BCUT2D eigenvalue weighted by atomic mass is 10.0. The second-order valence-corrected chi connectivity index (χ2v) is 5.46. The number of ketones is 1. The van der Waals surface area contributed by atoms with Gasteiger partial charge in [0.1, 0.15) is 35.0 Å². The number of nitriles is 2. The number of carbonyl (C=O) groups excluding carboxylic acids is 1. The minimum absolute atomic E-state index is 0.0737. The Balaban J connectivity index is 2.41. The smallest absolute Gasteiger partial charge is 0.140 e. The second-order valence-electron chi connectivity index (χ2n) is 5.46. The maximum absolute atomic E-state index is 11.1. The van der Waals surface area contributed by atoms with Gasteiger partial charge in [-0.3, -0.25) is 4.79 Å². The quantitative estimate of drug-likeness (QED) is 0.770. The molecule has 126 valence electrons. The standard InChI is InChI=1S/C18H17N5O2/c1-12(25)8-13-2-4-14(5-3-13)9-15(10-19)17-16(11-20)18(21)23(22-17)6-7-24/h2-5,9,24H,6-8,21H2,1H3/b15-9+. The van der Waals surface area contributed by atoms with E-state index in [1.54, 1.807) is 18.2 Å². The molecule has 2 aromatic rings. The summed E-state index contributed by atoms with van der Waals surface area (Å²) in [6.07, 6.45) is 1.96. The van der Waals surface area contributed by atoms with Gasteiger partial charge in [0, 0.05) is 6.42 Å². The minimum Gasteiger partial charge on any atom is -0.394 e. The van der Waals surface area contributed by atoms with Crippen molar-refractivity contribution in [3.8, 4) is 12.1 Å². The van der Waals surface area contributed by atoms with E-state index in [2.05, 4.69) is 5.10 Å². The summed E-state index contributed by atoms with van der Waals surface area (Å²) in [6, 6.07) is 11.2. The van der Waals surface area contributed by atoms with Gasteiger partial charge in [0.25, 0.3) is 0 Å². The third kappa shape index (κ3) is 4.11. The molecule has 0 radical (unpaired) electrons. The summed E-state index contributed by atoms with van der Waals surface area (Å²) in [5.74, 6) is 0.189. The number of rotatable bonds is 6. The van der Waals surface area contributed by atoms with Crippen LogP contribution in [0.5, 0.6) is 0 Å². The molecule has 0 atom stereocenters. The average molecular weight is 335 g/mol. The van der Waals surface area contributed by atoms with Crippen LogP contribution in [0.4, 0.5) is 5.82 Å². The Bertz CT molecular complexity index is 895. The number of Topliss-reactive ketones (excluding diaryl/α,β-unsaturated/α-hetero) is 1. The maximum atomic E-state index is 11.1. The van der Waals surface area contributed by atoms with Crippen LogP contribution in [-0.4, -0.2) is 27.3 Å². The van der Waals surface area contributed by atoms with Gasteiger partial charge in [-0.15, -0.1) is 0 Å². The van der Waals surface area contributed by atoms with Crippen LogP contribution in [0.1, 0.15) is 29.3 Å². The van der Waals surface area contributed by atoms with Crippen LogP contribution >= 0.6 is 0 Å². The molecule has 2 rings (SSSR count). The van der Waals surface area contributed by atoms with E-state index in [0.717, 1.165) is 11.1 Å². The van der Waals surface area contributed by atoms with Crippen molar-refractivity contribution in [3.05, 3.63) is 46.6 Å². The molecular weight excluding hydrogens is 318 g/mol. The number of allylic oxidation sites excluding steroid dienone is 1. The topological polar surface area (TPSA) is 129 Å². The highest BCUT2D eigenvalue weighted by Crippen LogP contribution is 2.24. The molecule has 7 nitrogen and oxygen atoms in total. The van der Waals surface area contributed by atoms with Gasteiger partial charge in [-0.05, 0) is 24.1 Å². The van der Waals surface area contributed by atoms with E-state index in [1.165, 1.54) is 11.6 Å². The molecule has 1 aromatic heterocycles. The van der Waals surface area contributed by atoms with E-state index >= 15 is 0 Å². The molecule has 7 heteroatoms. The summed E-state index contributed by atoms with van der Waals surface area (Å²) in [5, 5.41) is 32.0. The number of benzene rings is 1. The molecule has 1 heterocycles. The van der Waals surface area contributed by atoms with Crippen LogP contribution in [0.15, 0.2) is 24.3 Å². The van der Waals surface area contributed by atoms with E-state index in [1.807, 2.05) is 24.3 Å². The zero-order valence-corrected chi connectivity index (χ0v) is 13.7. The molecule has 3 N–H and O–H groups in total. The van der Waals surface area contributed by atoms with E-state index in [4.69, 9.17) is 10.8 Å². The number of carbonyl (C=O) groups is 1. The number of aromatic nitrogens is 2. The van der Waals surface area contributed by atoms with Crippen molar-refractivity contribution >= 4 is 23.3 Å². The number of nitrogens with two attached hydrogens (primary N) is 1. The van der Waals surface area contributed by atoms with Crippen LogP contribution in [0.25, 0.3) is 11.6 Å². The van der Waals surface area contributed by atoms with Gasteiger partial charge in [-0.25, -0.2) is 4.68 Å². The predicted octanol–water partition coefficient (Wildman–Crippen LogP) is 1.52. The Morgan fingerprint density at radius 3 is 2.56 bits per heavy atom. The number of aliphatic hydroxyl groups is 1. The number of aliphatic hydroxyl groups excluding tert-OH is 1. The van der Waals surface area contributed by atoms with Crippen molar-refractivity contribution in [1.82, 2.24) is 9.78 Å². The van der Waals surface area contributed by atoms with Gasteiger partial charge in [-0.2, -0.15) is 15.6 Å². The largest absolute Gasteiger partial charge is 0.394 e. The first-order valence-corrected chi connectivity index (χ1v) is 7.58. The number of hydrogen-bond donors (Lipinski definition) is 2. The fourth-order valence-corrected chi connectivity index (χ4v) is 2.38. The number of hydrogen-bond acceptors (Lipinski definition) is 6. The minimum atomic E-state index is -0.181. The van der Waals surface area contributed by atoms with Crippen LogP contribution in [0.2, 0.25) is 0 Å². The molecule has 0 fully saturated rings. The molecule has 0 amide bonds. The Morgan fingerprint density at radius 1 is 1.36 bits per heavy atom. The van der Waals surface area contributed by atoms with Gasteiger partial charge < -0.3 is 10.8 Å². The van der Waals surface area contributed by atoms with Gasteiger partial charge in [-0.1, -0.05) is 24.3 Å². The van der Waals surface area contributed by atoms with Gasteiger partial charge >= 0.3 is 0 Å². The molecule has 0 bridgehead atoms. The highest BCUT2D eigenvalue weighted by Gasteiger charge is 2.18. The molecule has 25 heavy (non-hydrogen) atoms. The molecule has 0 aliphatic heterocycles. The highest BCUT2D eigenvalue weighted by atomic mass is 16.3. The number of anilines is 1. The van der Waals surface area contributed by atoms with Crippen LogP contribution in [0, 0.1) is 22.7 Å². The van der Waals surface area contributed by atoms with E-state index in [0.29, 0.717) is 6.42 Å². The molecule has 0 saturated heterocycles. The molecule has 0 spiro atoms. The SMILES string of the molecule is CC(=O)Cc1ccc(/C=C(\C#N)c2nn(CCO)c(N)c2C#N)cc1. The first-order chi connectivity index (χ1) is 12.0. The summed E-state index contributed by atoms with van der Waals surface area (Å²) < 4.78 is 1.30. The molecule has 0 saturated carbocycles. The van der Waals surface area contributed by atoms with Crippen LogP contribution in [0.3, 0.4) is 0 Å². The highest BCUT2D eigenvalue weighted by molar-refractivity contribution is 5.91. The summed E-state index contributed by atoms with van der Waals surface area (Å²) in [5.41, 5.74) is 7.96. The van der Waals surface area contributed by atoms with E-state index in [-0.39, 0.29) is 41.6 Å². The lowest BCUT2D eigenvalue weighted by molar-refractivity contribution is -0.116. The first-order valence-electron chi connectivity index (χ1n) is 7.58. The normalized spacial score (nSPS) is 11.0. The molecule has 0 aliphatic carbocycles. The monoisotopic (exact) mass is 335 g/mol. The first kappa shape index (κ1) is 17.9. The molecule has 0 unspecified atom stereocenters. The van der Waals surface area contributed by atoms with Crippen molar-refractivity contribution in [2.24, 2.45) is 0 Å². The number of nitrogens with zero attached hydrogens (tertiary/aromatic N) is 4. The Hall–Kier alpha value is -3.42. The summed E-state index contributed by atoms with van der Waals surface area (Å²) in [7, 11) is 0. The Morgan fingerprint density at radius 2 is 2.04 bits per heavy atom. The van der Waals surface area contributed by atoms with Crippen LogP contribution in [-0.2, 0) is 17.8 Å².